The molecule has 2 rings (SSSR count). The number of benzene rings is 1. The van der Waals surface area contributed by atoms with E-state index in [9.17, 15) is 13.5 Å². The predicted molar refractivity (Wildman–Crippen MR) is 77.6 cm³/mol. The molecule has 0 bridgehead atoms. The monoisotopic (exact) mass is 299 g/mol. The van der Waals surface area contributed by atoms with Crippen LogP contribution in [0, 0.1) is 5.41 Å². The third kappa shape index (κ3) is 2.21. The Hall–Kier alpha value is -1.11. The minimum absolute atomic E-state index is 0.0616. The van der Waals surface area contributed by atoms with Crippen LogP contribution in [0.4, 0.5) is 0 Å². The zero-order chi connectivity index (χ0) is 15.0. The molecule has 0 aromatic heterocycles. The number of aliphatic hydroxyl groups excluding tert-OH is 1. The van der Waals surface area contributed by atoms with E-state index in [2.05, 4.69) is 0 Å². The number of rotatable bonds is 6. The van der Waals surface area contributed by atoms with E-state index in [1.54, 1.807) is 26.2 Å². The van der Waals surface area contributed by atoms with Gasteiger partial charge in [-0.1, -0.05) is 19.1 Å². The molecule has 1 aliphatic rings. The normalized spacial score (nSPS) is 29.2. The summed E-state index contributed by atoms with van der Waals surface area (Å²) < 4.78 is 29.5. The molecule has 0 radical (unpaired) electrons. The van der Waals surface area contributed by atoms with Crippen LogP contribution in [0.25, 0.3) is 0 Å². The highest BCUT2D eigenvalue weighted by Gasteiger charge is 2.69. The Bertz CT molecular complexity index is 563. The summed E-state index contributed by atoms with van der Waals surface area (Å²) in [6.07, 6.45) is 0. The maximum atomic E-state index is 12.2. The molecule has 0 spiro atoms. The lowest BCUT2D eigenvalue weighted by molar-refractivity contribution is 0.212. The van der Waals surface area contributed by atoms with Crippen LogP contribution < -0.4 is 10.5 Å². The molecule has 1 aliphatic carbocycles. The molecule has 0 heterocycles. The number of hydrogen-bond acceptors (Lipinski definition) is 5. The molecule has 3 N–H and O–H groups in total. The van der Waals surface area contributed by atoms with Crippen molar-refractivity contribution in [2.24, 2.45) is 11.1 Å². The molecule has 1 aromatic carbocycles. The van der Waals surface area contributed by atoms with Crippen molar-refractivity contribution in [3.05, 3.63) is 29.8 Å². The van der Waals surface area contributed by atoms with Crippen LogP contribution >= 0.6 is 0 Å². The van der Waals surface area contributed by atoms with Gasteiger partial charge in [0.05, 0.1) is 19.0 Å². The van der Waals surface area contributed by atoms with Crippen molar-refractivity contribution in [2.45, 2.75) is 18.1 Å². The van der Waals surface area contributed by atoms with Crippen molar-refractivity contribution in [2.75, 3.05) is 26.0 Å². The standard InChI is InChI=1S/C14H21NO4S/c1-3-20(17,18)13-12(14(13,8-15)9-16)10-4-6-11(19-2)7-5-10/h4-7,12-13,16H,3,8-9,15H2,1-2H3. The first-order valence-corrected chi connectivity index (χ1v) is 8.34. The highest BCUT2D eigenvalue weighted by molar-refractivity contribution is 7.92. The number of methoxy groups -OCH3 is 1. The molecule has 0 aliphatic heterocycles. The van der Waals surface area contributed by atoms with Crippen LogP contribution in [0.3, 0.4) is 0 Å². The molecular weight excluding hydrogens is 278 g/mol. The van der Waals surface area contributed by atoms with E-state index in [-0.39, 0.29) is 24.8 Å². The molecule has 3 unspecified atom stereocenters. The second-order valence-corrected chi connectivity index (χ2v) is 7.63. The summed E-state index contributed by atoms with van der Waals surface area (Å²) in [5.74, 6) is 0.534. The van der Waals surface area contributed by atoms with Gasteiger partial charge in [-0.3, -0.25) is 0 Å². The largest absolute Gasteiger partial charge is 0.497 e. The highest BCUT2D eigenvalue weighted by Crippen LogP contribution is 2.62. The fourth-order valence-corrected chi connectivity index (χ4v) is 5.17. The number of nitrogens with two attached hydrogens (primary N) is 1. The second kappa shape index (κ2) is 5.35. The van der Waals surface area contributed by atoms with Gasteiger partial charge in [-0.05, 0) is 17.7 Å². The van der Waals surface area contributed by atoms with Gasteiger partial charge in [-0.15, -0.1) is 0 Å². The number of ether oxygens (including phenoxy) is 1. The molecule has 20 heavy (non-hydrogen) atoms. The third-order valence-corrected chi connectivity index (χ3v) is 6.64. The molecule has 1 aromatic rings. The SMILES string of the molecule is CCS(=O)(=O)C1C(c2ccc(OC)cc2)C1(CN)CO. The van der Waals surface area contributed by atoms with Crippen LogP contribution in [-0.2, 0) is 9.84 Å². The van der Waals surface area contributed by atoms with Gasteiger partial charge in [-0.2, -0.15) is 0 Å². The van der Waals surface area contributed by atoms with Crippen molar-refractivity contribution >= 4 is 9.84 Å². The van der Waals surface area contributed by atoms with Crippen molar-refractivity contribution in [3.8, 4) is 5.75 Å². The highest BCUT2D eigenvalue weighted by atomic mass is 32.2. The molecule has 3 atom stereocenters. The zero-order valence-electron chi connectivity index (χ0n) is 11.7. The molecule has 1 fully saturated rings. The lowest BCUT2D eigenvalue weighted by Crippen LogP contribution is -2.28. The lowest BCUT2D eigenvalue weighted by Gasteiger charge is -2.11. The van der Waals surface area contributed by atoms with E-state index >= 15 is 0 Å². The first kappa shape index (κ1) is 15.3. The topological polar surface area (TPSA) is 89.6 Å². The summed E-state index contributed by atoms with van der Waals surface area (Å²) in [5, 5.41) is 9.06. The summed E-state index contributed by atoms with van der Waals surface area (Å²) in [6, 6.07) is 7.27. The number of hydrogen-bond donors (Lipinski definition) is 2. The Balaban J connectivity index is 2.38. The average molecular weight is 299 g/mol. The van der Waals surface area contributed by atoms with Gasteiger partial charge < -0.3 is 15.6 Å². The molecule has 112 valence electrons. The van der Waals surface area contributed by atoms with E-state index in [1.165, 1.54) is 0 Å². The Kier molecular flexibility index (Phi) is 4.09. The van der Waals surface area contributed by atoms with Crippen LogP contribution in [0.5, 0.6) is 5.75 Å². The van der Waals surface area contributed by atoms with E-state index in [1.807, 2.05) is 12.1 Å². The Morgan fingerprint density at radius 1 is 1.35 bits per heavy atom. The molecule has 0 amide bonds. The Morgan fingerprint density at radius 2 is 1.95 bits per heavy atom. The van der Waals surface area contributed by atoms with Gasteiger partial charge in [-0.25, -0.2) is 8.42 Å². The van der Waals surface area contributed by atoms with Crippen LogP contribution in [0.1, 0.15) is 18.4 Å². The van der Waals surface area contributed by atoms with Crippen LogP contribution in [0.2, 0.25) is 0 Å². The minimum atomic E-state index is -3.24. The molecule has 5 nitrogen and oxygen atoms in total. The van der Waals surface area contributed by atoms with Gasteiger partial charge in [0.2, 0.25) is 0 Å². The van der Waals surface area contributed by atoms with E-state index in [0.29, 0.717) is 5.75 Å². The molecule has 6 heteroatoms. The maximum Gasteiger partial charge on any atom is 0.154 e. The van der Waals surface area contributed by atoms with Gasteiger partial charge in [0.1, 0.15) is 5.75 Å². The van der Waals surface area contributed by atoms with E-state index in [4.69, 9.17) is 10.5 Å². The fraction of sp³-hybridized carbons (Fsp3) is 0.571. The lowest BCUT2D eigenvalue weighted by atomic mass is 10.00. The summed E-state index contributed by atoms with van der Waals surface area (Å²) in [7, 11) is -1.66. The summed E-state index contributed by atoms with van der Waals surface area (Å²) in [6.45, 7) is 1.56. The van der Waals surface area contributed by atoms with Crippen LogP contribution in [-0.4, -0.2) is 44.8 Å². The average Bonchev–Trinajstić information content (AvgIpc) is 3.18. The van der Waals surface area contributed by atoms with Gasteiger partial charge in [0.15, 0.2) is 9.84 Å². The summed E-state index contributed by atoms with van der Waals surface area (Å²) in [4.78, 5) is 0. The molecular formula is C14H21NO4S. The Labute approximate surface area is 119 Å². The first-order valence-electron chi connectivity index (χ1n) is 6.63. The quantitative estimate of drug-likeness (QED) is 0.800. The summed E-state index contributed by atoms with van der Waals surface area (Å²) >= 11 is 0. The van der Waals surface area contributed by atoms with Crippen LogP contribution in [0.15, 0.2) is 24.3 Å². The summed E-state index contributed by atoms with van der Waals surface area (Å²) in [5.41, 5.74) is 5.89. The fourth-order valence-electron chi connectivity index (χ4n) is 3.01. The third-order valence-electron chi connectivity index (χ3n) is 4.32. The maximum absolute atomic E-state index is 12.2. The van der Waals surface area contributed by atoms with Crippen molar-refractivity contribution < 1.29 is 18.3 Å². The Morgan fingerprint density at radius 3 is 2.35 bits per heavy atom. The first-order chi connectivity index (χ1) is 9.46. The van der Waals surface area contributed by atoms with Gasteiger partial charge >= 0.3 is 0 Å². The van der Waals surface area contributed by atoms with Crippen molar-refractivity contribution in [3.63, 3.8) is 0 Å². The molecule has 0 saturated heterocycles. The van der Waals surface area contributed by atoms with Crippen molar-refractivity contribution in [1.82, 2.24) is 0 Å². The van der Waals surface area contributed by atoms with Gasteiger partial charge in [0.25, 0.3) is 0 Å². The minimum Gasteiger partial charge on any atom is -0.497 e. The van der Waals surface area contributed by atoms with Crippen molar-refractivity contribution in [1.29, 1.82) is 0 Å². The van der Waals surface area contributed by atoms with E-state index in [0.717, 1.165) is 5.56 Å². The van der Waals surface area contributed by atoms with Gasteiger partial charge in [0, 0.05) is 23.6 Å². The second-order valence-electron chi connectivity index (χ2n) is 5.22. The predicted octanol–water partition coefficient (Wildman–Crippen LogP) is 0.533. The zero-order valence-corrected chi connectivity index (χ0v) is 12.6. The number of aliphatic hydroxyl groups is 1. The smallest absolute Gasteiger partial charge is 0.154 e. The van der Waals surface area contributed by atoms with E-state index < -0.39 is 20.5 Å². The number of sulfone groups is 1. The molecule has 1 saturated carbocycles.